The average molecular weight is 732 g/mol. The first-order valence-corrected chi connectivity index (χ1v) is 18.9. The zero-order valence-corrected chi connectivity index (χ0v) is 33.2. The van der Waals surface area contributed by atoms with Crippen molar-refractivity contribution in [3.05, 3.63) is 0 Å². The van der Waals surface area contributed by atoms with Crippen molar-refractivity contribution < 1.29 is 58.4 Å². The fourth-order valence-electron chi connectivity index (χ4n) is 8.84. The maximum absolute atomic E-state index is 14.1. The molecule has 3 saturated heterocycles. The van der Waals surface area contributed by atoms with E-state index in [-0.39, 0.29) is 25.0 Å². The number of likely N-dealkylation sites (N-methyl/N-ethyl adjacent to an activating group) is 1. The van der Waals surface area contributed by atoms with Gasteiger partial charge in [-0.2, -0.15) is 0 Å². The third-order valence-corrected chi connectivity index (χ3v) is 12.3. The van der Waals surface area contributed by atoms with Gasteiger partial charge in [0.2, 0.25) is 0 Å². The Morgan fingerprint density at radius 1 is 0.922 bits per heavy atom. The zero-order chi connectivity index (χ0) is 38.7. The summed E-state index contributed by atoms with van der Waals surface area (Å²) >= 11 is 0. The summed E-state index contributed by atoms with van der Waals surface area (Å²) in [5, 5.41) is 46.4. The molecule has 51 heavy (non-hydrogen) atoms. The van der Waals surface area contributed by atoms with E-state index in [9.17, 15) is 30.0 Å². The summed E-state index contributed by atoms with van der Waals surface area (Å²) in [6, 6.07) is -0.289. The van der Waals surface area contributed by atoms with Crippen molar-refractivity contribution in [2.45, 2.75) is 174 Å². The minimum atomic E-state index is -1.66. The molecule has 19 atom stereocenters. The minimum absolute atomic E-state index is 0.0833. The summed E-state index contributed by atoms with van der Waals surface area (Å²) in [5.74, 6) is -4.30. The molecule has 0 aliphatic carbocycles. The van der Waals surface area contributed by atoms with Crippen molar-refractivity contribution in [1.29, 1.82) is 0 Å². The Balaban J connectivity index is 2.18. The Kier molecular flexibility index (Phi) is 15.5. The fourth-order valence-corrected chi connectivity index (χ4v) is 8.84. The average Bonchev–Trinajstić information content (AvgIpc) is 3.06. The molecule has 0 aromatic heterocycles. The van der Waals surface area contributed by atoms with Crippen molar-refractivity contribution in [2.24, 2.45) is 35.5 Å². The Labute approximate surface area is 305 Å². The van der Waals surface area contributed by atoms with E-state index in [4.69, 9.17) is 28.4 Å². The second-order valence-electron chi connectivity index (χ2n) is 16.7. The summed E-state index contributed by atoms with van der Waals surface area (Å²) in [6.45, 7) is 17.9. The van der Waals surface area contributed by atoms with Gasteiger partial charge in [-0.15, -0.1) is 0 Å². The van der Waals surface area contributed by atoms with Crippen LogP contribution in [-0.4, -0.2) is 137 Å². The van der Waals surface area contributed by atoms with E-state index >= 15 is 0 Å². The smallest absolute Gasteiger partial charge is 0.311 e. The van der Waals surface area contributed by atoms with Gasteiger partial charge in [-0.3, -0.25) is 4.79 Å². The first kappa shape index (κ1) is 44.1. The molecule has 0 radical (unpaired) electrons. The van der Waals surface area contributed by atoms with Gasteiger partial charge < -0.3 is 58.5 Å². The van der Waals surface area contributed by atoms with Gasteiger partial charge in [-0.1, -0.05) is 34.6 Å². The number of cyclic esters (lactones) is 1. The third-order valence-electron chi connectivity index (χ3n) is 12.3. The van der Waals surface area contributed by atoms with Crippen LogP contribution in [0.4, 0.5) is 0 Å². The molecule has 298 valence electrons. The van der Waals surface area contributed by atoms with Crippen LogP contribution >= 0.6 is 0 Å². The summed E-state index contributed by atoms with van der Waals surface area (Å²) in [4.78, 5) is 28.7. The highest BCUT2D eigenvalue weighted by molar-refractivity contribution is 5.73. The molecular weight excluding hydrogens is 662 g/mol. The molecule has 3 fully saturated rings. The van der Waals surface area contributed by atoms with Gasteiger partial charge in [0.1, 0.15) is 24.6 Å². The monoisotopic (exact) mass is 731 g/mol. The number of hydrogen-bond donors (Lipinski definition) is 4. The number of esters is 1. The van der Waals surface area contributed by atoms with E-state index in [1.807, 2.05) is 53.6 Å². The first-order chi connectivity index (χ1) is 23.6. The highest BCUT2D eigenvalue weighted by atomic mass is 16.7. The lowest BCUT2D eigenvalue weighted by Gasteiger charge is -2.49. The van der Waals surface area contributed by atoms with Crippen LogP contribution < -0.4 is 0 Å². The van der Waals surface area contributed by atoms with Crippen molar-refractivity contribution >= 4 is 12.3 Å². The van der Waals surface area contributed by atoms with E-state index in [1.165, 1.54) is 7.11 Å². The number of ether oxygens (including phenoxy) is 6. The van der Waals surface area contributed by atoms with Gasteiger partial charge >= 0.3 is 5.97 Å². The van der Waals surface area contributed by atoms with E-state index in [0.29, 0.717) is 12.8 Å². The number of aliphatic hydroxyl groups is 4. The number of nitrogens with zero attached hydrogens (tertiary/aromatic N) is 1. The fraction of sp³-hybridized carbons (Fsp3) is 0.947. The zero-order valence-electron chi connectivity index (χ0n) is 33.2. The molecule has 4 N–H and O–H groups in total. The van der Waals surface area contributed by atoms with Gasteiger partial charge in [0.15, 0.2) is 12.6 Å². The standard InChI is InChI=1S/C38H69NO12/c1-14-28-22(5)30(41)21(4)26(18-40)19(2)16-37(9,45)34(51-36-31(42)27(39(11)12)15-20(3)47-36)23(6)32(24(7)35(44)49-28)50-29-17-38(10,46-13)33(43)25(8)48-29/h18-34,36,41-43,45H,14-17H2,1-13H3/t19-,20-,21+,22+,23+,24-,25+,26+,27+,28-,29+,30-,31-,32+,33+,34-,36+,37-,38-/m1/s1. The summed E-state index contributed by atoms with van der Waals surface area (Å²) in [6.07, 6.45) is -6.66. The maximum atomic E-state index is 14.1. The number of carbonyl (C=O) groups is 2. The van der Waals surface area contributed by atoms with Crippen molar-refractivity contribution in [2.75, 3.05) is 21.2 Å². The molecule has 0 bridgehead atoms. The van der Waals surface area contributed by atoms with Crippen LogP contribution in [0.25, 0.3) is 0 Å². The van der Waals surface area contributed by atoms with Gasteiger partial charge in [0.05, 0.1) is 47.6 Å². The van der Waals surface area contributed by atoms with Gasteiger partial charge in [-0.25, -0.2) is 0 Å². The number of rotatable bonds is 8. The summed E-state index contributed by atoms with van der Waals surface area (Å²) in [5.41, 5.74) is -2.67. The highest BCUT2D eigenvalue weighted by Gasteiger charge is 2.52. The van der Waals surface area contributed by atoms with Crippen LogP contribution in [0, 0.1) is 35.5 Å². The normalized spacial score (nSPS) is 49.6. The summed E-state index contributed by atoms with van der Waals surface area (Å²) < 4.78 is 37.5. The molecular formula is C38H69NO12. The van der Waals surface area contributed by atoms with Gasteiger partial charge in [0.25, 0.3) is 0 Å². The molecule has 3 aliphatic heterocycles. The number of carbonyl (C=O) groups excluding carboxylic acids is 2. The van der Waals surface area contributed by atoms with Crippen LogP contribution in [0.1, 0.15) is 94.9 Å². The first-order valence-electron chi connectivity index (χ1n) is 18.9. The maximum Gasteiger partial charge on any atom is 0.311 e. The highest BCUT2D eigenvalue weighted by Crippen LogP contribution is 2.41. The Hall–Kier alpha value is -1.26. The van der Waals surface area contributed by atoms with Crippen LogP contribution in [0.2, 0.25) is 0 Å². The SMILES string of the molecule is CC[C@H]1OC(=O)[C@H](C)[C@@H](O[C@H]2C[C@@](C)(OC)[C@@H](O)[C@H](C)O2)[C@H](C)[C@@H](O[C@@H]2O[C@H](C)C[C@H](N(C)C)[C@H]2O)[C@](C)(O)C[C@@H](C)[C@H](C=O)[C@H](C)[C@@H](O)[C@H]1C. The Bertz CT molecular complexity index is 1120. The molecule has 0 spiro atoms. The van der Waals surface area contributed by atoms with Crippen molar-refractivity contribution in [3.63, 3.8) is 0 Å². The van der Waals surface area contributed by atoms with Crippen molar-refractivity contribution in [1.82, 2.24) is 4.90 Å². The molecule has 0 aromatic rings. The second-order valence-corrected chi connectivity index (χ2v) is 16.7. The van der Waals surface area contributed by atoms with Crippen LogP contribution in [0.15, 0.2) is 0 Å². The topological polar surface area (TPSA) is 174 Å². The van der Waals surface area contributed by atoms with Crippen molar-refractivity contribution in [3.8, 4) is 0 Å². The molecule has 0 aromatic carbocycles. The molecule has 13 nitrogen and oxygen atoms in total. The lowest BCUT2D eigenvalue weighted by molar-refractivity contribution is -0.318. The quantitative estimate of drug-likeness (QED) is 0.212. The van der Waals surface area contributed by atoms with Gasteiger partial charge in [0, 0.05) is 37.3 Å². The lowest BCUT2D eigenvalue weighted by atomic mass is 9.71. The van der Waals surface area contributed by atoms with E-state index in [2.05, 4.69) is 0 Å². The van der Waals surface area contributed by atoms with E-state index in [1.54, 1.807) is 34.6 Å². The molecule has 3 rings (SSSR count). The number of aliphatic hydroxyl groups excluding tert-OH is 3. The lowest BCUT2D eigenvalue weighted by Crippen LogP contribution is -2.60. The third kappa shape index (κ3) is 9.89. The predicted molar refractivity (Wildman–Crippen MR) is 189 cm³/mol. The molecule has 3 heterocycles. The number of methoxy groups -OCH3 is 1. The second kappa shape index (κ2) is 17.9. The Morgan fingerprint density at radius 2 is 1.55 bits per heavy atom. The molecule has 3 aliphatic rings. The molecule has 0 unspecified atom stereocenters. The molecule has 0 saturated carbocycles. The minimum Gasteiger partial charge on any atom is -0.462 e. The number of hydrogen-bond acceptors (Lipinski definition) is 13. The molecule has 13 heteroatoms. The molecule has 0 amide bonds. The number of aldehydes is 1. The van der Waals surface area contributed by atoms with E-state index < -0.39 is 108 Å². The summed E-state index contributed by atoms with van der Waals surface area (Å²) in [7, 11) is 5.26. The van der Waals surface area contributed by atoms with Crippen LogP contribution in [0.3, 0.4) is 0 Å². The Morgan fingerprint density at radius 3 is 2.10 bits per heavy atom. The van der Waals surface area contributed by atoms with Gasteiger partial charge in [-0.05, 0) is 79.8 Å². The van der Waals surface area contributed by atoms with Crippen LogP contribution in [-0.2, 0) is 38.0 Å². The predicted octanol–water partition coefficient (Wildman–Crippen LogP) is 2.92. The van der Waals surface area contributed by atoms with E-state index in [0.717, 1.165) is 6.29 Å². The largest absolute Gasteiger partial charge is 0.462 e. The van der Waals surface area contributed by atoms with Crippen LogP contribution in [0.5, 0.6) is 0 Å².